The van der Waals surface area contributed by atoms with Crippen molar-refractivity contribution in [1.82, 2.24) is 10.3 Å². The number of nitrogens with two attached hydrogens (primary N) is 1. The van der Waals surface area contributed by atoms with Crippen molar-refractivity contribution in [3.63, 3.8) is 0 Å². The lowest BCUT2D eigenvalue weighted by atomic mass is 10.2. The molecule has 84 valence electrons. The zero-order valence-electron chi connectivity index (χ0n) is 8.56. The van der Waals surface area contributed by atoms with Crippen molar-refractivity contribution in [2.45, 2.75) is 12.5 Å². The van der Waals surface area contributed by atoms with Gasteiger partial charge in [0.25, 0.3) is 0 Å². The number of nitrogens with one attached hydrogen (secondary N) is 2. The van der Waals surface area contributed by atoms with Crippen LogP contribution >= 0.6 is 12.2 Å². The Labute approximate surface area is 98.4 Å². The number of nitrogens with zero attached hydrogens (tertiary/aromatic N) is 1. The lowest BCUT2D eigenvalue weighted by molar-refractivity contribution is -0.119. The number of anilines is 1. The standard InChI is InChI=1S/C10H12N4OS/c11-10(16)6-1-2-8(12-4-6)14-7-3-9(15)13-5-7/h1-2,4,7H,3,5H2,(H2,11,16)(H,12,14)(H,13,15). The fraction of sp³-hybridized carbons (Fsp3) is 0.300. The van der Waals surface area contributed by atoms with Crippen LogP contribution in [-0.2, 0) is 4.79 Å². The maximum atomic E-state index is 11.0. The molecule has 0 aliphatic carbocycles. The van der Waals surface area contributed by atoms with E-state index >= 15 is 0 Å². The van der Waals surface area contributed by atoms with Gasteiger partial charge in [-0.2, -0.15) is 0 Å². The van der Waals surface area contributed by atoms with Crippen LogP contribution in [0.4, 0.5) is 5.82 Å². The van der Waals surface area contributed by atoms with Crippen LogP contribution in [0.25, 0.3) is 0 Å². The minimum atomic E-state index is 0.0669. The van der Waals surface area contributed by atoms with E-state index in [4.69, 9.17) is 18.0 Å². The molecular formula is C10H12N4OS. The Morgan fingerprint density at radius 2 is 2.44 bits per heavy atom. The van der Waals surface area contributed by atoms with Gasteiger partial charge in [-0.1, -0.05) is 12.2 Å². The summed E-state index contributed by atoms with van der Waals surface area (Å²) in [6.45, 7) is 0.636. The predicted molar refractivity (Wildman–Crippen MR) is 65.2 cm³/mol. The summed E-state index contributed by atoms with van der Waals surface area (Å²) in [7, 11) is 0. The predicted octanol–water partition coefficient (Wildman–Crippen LogP) is 0.0162. The normalized spacial score (nSPS) is 19.2. The van der Waals surface area contributed by atoms with E-state index in [9.17, 15) is 4.79 Å². The zero-order valence-corrected chi connectivity index (χ0v) is 9.38. The van der Waals surface area contributed by atoms with Crippen molar-refractivity contribution in [3.8, 4) is 0 Å². The molecule has 1 saturated heterocycles. The van der Waals surface area contributed by atoms with Crippen LogP contribution < -0.4 is 16.4 Å². The minimum Gasteiger partial charge on any atom is -0.389 e. The highest BCUT2D eigenvalue weighted by atomic mass is 32.1. The molecule has 2 heterocycles. The Kier molecular flexibility index (Phi) is 3.00. The molecule has 0 aromatic carbocycles. The molecule has 1 aromatic rings. The van der Waals surface area contributed by atoms with Crippen molar-refractivity contribution in [3.05, 3.63) is 23.9 Å². The highest BCUT2D eigenvalue weighted by Crippen LogP contribution is 2.10. The number of amides is 1. The minimum absolute atomic E-state index is 0.0669. The molecule has 1 aliphatic heterocycles. The number of pyridine rings is 1. The second kappa shape index (κ2) is 4.44. The molecule has 1 aliphatic rings. The molecule has 6 heteroatoms. The summed E-state index contributed by atoms with van der Waals surface area (Å²) >= 11 is 4.83. The van der Waals surface area contributed by atoms with Gasteiger partial charge in [0, 0.05) is 24.7 Å². The largest absolute Gasteiger partial charge is 0.389 e. The smallest absolute Gasteiger partial charge is 0.222 e. The summed E-state index contributed by atoms with van der Waals surface area (Å²) in [6, 6.07) is 3.72. The number of carbonyl (C=O) groups excluding carboxylic acids is 1. The SMILES string of the molecule is NC(=S)c1ccc(NC2CNC(=O)C2)nc1. The molecule has 1 fully saturated rings. The van der Waals surface area contributed by atoms with Crippen LogP contribution in [0.2, 0.25) is 0 Å². The van der Waals surface area contributed by atoms with Gasteiger partial charge in [-0.05, 0) is 12.1 Å². The van der Waals surface area contributed by atoms with Crippen LogP contribution in [0.3, 0.4) is 0 Å². The second-order valence-corrected chi connectivity index (χ2v) is 4.09. The topological polar surface area (TPSA) is 80.0 Å². The summed E-state index contributed by atoms with van der Waals surface area (Å²) in [4.78, 5) is 15.5. The average Bonchev–Trinajstić information content (AvgIpc) is 2.65. The van der Waals surface area contributed by atoms with Crippen molar-refractivity contribution in [2.75, 3.05) is 11.9 Å². The van der Waals surface area contributed by atoms with Gasteiger partial charge in [0.1, 0.15) is 10.8 Å². The second-order valence-electron chi connectivity index (χ2n) is 3.65. The highest BCUT2D eigenvalue weighted by molar-refractivity contribution is 7.80. The molecule has 0 radical (unpaired) electrons. The van der Waals surface area contributed by atoms with Gasteiger partial charge in [-0.15, -0.1) is 0 Å². The lowest BCUT2D eigenvalue weighted by Gasteiger charge is -2.10. The number of hydrogen-bond donors (Lipinski definition) is 3. The first kappa shape index (κ1) is 10.8. The maximum absolute atomic E-state index is 11.0. The third-order valence-electron chi connectivity index (χ3n) is 2.38. The summed E-state index contributed by atoms with van der Waals surface area (Å²) < 4.78 is 0. The van der Waals surface area contributed by atoms with Gasteiger partial charge in [0.05, 0.1) is 6.04 Å². The van der Waals surface area contributed by atoms with Crippen LogP contribution in [0, 0.1) is 0 Å². The first-order valence-electron chi connectivity index (χ1n) is 4.94. The molecule has 0 spiro atoms. The first-order valence-corrected chi connectivity index (χ1v) is 5.35. The van der Waals surface area contributed by atoms with E-state index in [0.29, 0.717) is 18.0 Å². The molecule has 5 nitrogen and oxygen atoms in total. The van der Waals surface area contributed by atoms with Gasteiger partial charge in [0.15, 0.2) is 0 Å². The summed E-state index contributed by atoms with van der Waals surface area (Å²) in [5, 5.41) is 5.91. The number of aromatic nitrogens is 1. The molecule has 0 bridgehead atoms. The van der Waals surface area contributed by atoms with Crippen molar-refractivity contribution < 1.29 is 4.79 Å². The fourth-order valence-electron chi connectivity index (χ4n) is 1.54. The summed E-state index contributed by atoms with van der Waals surface area (Å²) in [5.74, 6) is 0.791. The Bertz CT molecular complexity index is 417. The maximum Gasteiger partial charge on any atom is 0.222 e. The van der Waals surface area contributed by atoms with E-state index in [1.54, 1.807) is 12.3 Å². The molecule has 2 rings (SSSR count). The molecule has 4 N–H and O–H groups in total. The van der Waals surface area contributed by atoms with Gasteiger partial charge < -0.3 is 16.4 Å². The molecular weight excluding hydrogens is 224 g/mol. The Hall–Kier alpha value is -1.69. The molecule has 16 heavy (non-hydrogen) atoms. The fourth-order valence-corrected chi connectivity index (χ4v) is 1.66. The molecule has 0 saturated carbocycles. The van der Waals surface area contributed by atoms with E-state index in [1.165, 1.54) is 0 Å². The van der Waals surface area contributed by atoms with Crippen molar-refractivity contribution in [1.29, 1.82) is 0 Å². The van der Waals surface area contributed by atoms with Crippen LogP contribution in [0.1, 0.15) is 12.0 Å². The van der Waals surface area contributed by atoms with Gasteiger partial charge in [0.2, 0.25) is 5.91 Å². The van der Waals surface area contributed by atoms with Crippen LogP contribution in [0.5, 0.6) is 0 Å². The Morgan fingerprint density at radius 1 is 1.62 bits per heavy atom. The third kappa shape index (κ3) is 2.46. The average molecular weight is 236 g/mol. The van der Waals surface area contributed by atoms with E-state index in [0.717, 1.165) is 11.4 Å². The summed E-state index contributed by atoms with van der Waals surface area (Å²) in [5.41, 5.74) is 6.20. The van der Waals surface area contributed by atoms with Crippen molar-refractivity contribution >= 4 is 28.9 Å². The number of rotatable bonds is 3. The van der Waals surface area contributed by atoms with Crippen molar-refractivity contribution in [2.24, 2.45) is 5.73 Å². The van der Waals surface area contributed by atoms with Crippen LogP contribution in [-0.4, -0.2) is 28.5 Å². The van der Waals surface area contributed by atoms with Gasteiger partial charge in [-0.3, -0.25) is 4.79 Å². The number of carbonyl (C=O) groups is 1. The molecule has 1 aromatic heterocycles. The molecule has 1 amide bonds. The zero-order chi connectivity index (χ0) is 11.5. The molecule has 1 atom stereocenters. The van der Waals surface area contributed by atoms with Crippen LogP contribution in [0.15, 0.2) is 18.3 Å². The molecule has 1 unspecified atom stereocenters. The van der Waals surface area contributed by atoms with Gasteiger partial charge >= 0.3 is 0 Å². The van der Waals surface area contributed by atoms with E-state index in [-0.39, 0.29) is 11.9 Å². The van der Waals surface area contributed by atoms with E-state index in [2.05, 4.69) is 15.6 Å². The monoisotopic (exact) mass is 236 g/mol. The number of thiocarbonyl (C=S) groups is 1. The Morgan fingerprint density at radius 3 is 2.94 bits per heavy atom. The number of hydrogen-bond acceptors (Lipinski definition) is 4. The lowest BCUT2D eigenvalue weighted by Crippen LogP contribution is -2.23. The highest BCUT2D eigenvalue weighted by Gasteiger charge is 2.21. The quantitative estimate of drug-likeness (QED) is 0.645. The van der Waals surface area contributed by atoms with E-state index < -0.39 is 0 Å². The third-order valence-corrected chi connectivity index (χ3v) is 2.61. The first-order chi connectivity index (χ1) is 7.65. The van der Waals surface area contributed by atoms with E-state index in [1.807, 2.05) is 6.07 Å². The van der Waals surface area contributed by atoms with Gasteiger partial charge in [-0.25, -0.2) is 4.98 Å². The Balaban J connectivity index is 2.00. The summed E-state index contributed by atoms with van der Waals surface area (Å²) in [6.07, 6.45) is 2.10.